The molecule has 0 radical (unpaired) electrons. The minimum absolute atomic E-state index is 0.0169. The van der Waals surface area contributed by atoms with Crippen LogP contribution in [0.2, 0.25) is 0 Å². The topological polar surface area (TPSA) is 56.7 Å². The molecule has 2 heterocycles. The molecule has 9 heteroatoms. The third-order valence-electron chi connectivity index (χ3n) is 5.20. The van der Waals surface area contributed by atoms with Crippen molar-refractivity contribution in [3.8, 4) is 33.8 Å². The van der Waals surface area contributed by atoms with E-state index in [2.05, 4.69) is 50.7 Å². The fraction of sp³-hybridized carbons (Fsp3) is 0.364. The Kier molecular flexibility index (Phi) is 5.81. The summed E-state index contributed by atoms with van der Waals surface area (Å²) in [4.78, 5) is 6.67. The van der Waals surface area contributed by atoms with Crippen LogP contribution in [0.3, 0.4) is 0 Å². The van der Waals surface area contributed by atoms with Crippen LogP contribution in [-0.2, 0) is 6.42 Å². The maximum atomic E-state index is 13.2. The zero-order valence-electron chi connectivity index (χ0n) is 17.7. The van der Waals surface area contributed by atoms with Gasteiger partial charge < -0.3 is 19.1 Å². The van der Waals surface area contributed by atoms with Gasteiger partial charge in [-0.2, -0.15) is 9.36 Å². The van der Waals surface area contributed by atoms with Gasteiger partial charge in [-0.3, -0.25) is 0 Å². The van der Waals surface area contributed by atoms with Crippen LogP contribution in [0.25, 0.3) is 11.4 Å². The second-order valence-electron chi connectivity index (χ2n) is 7.51. The van der Waals surface area contributed by atoms with E-state index < -0.39 is 6.29 Å². The lowest BCUT2D eigenvalue weighted by Crippen LogP contribution is -2.25. The van der Waals surface area contributed by atoms with E-state index in [0.29, 0.717) is 16.6 Å². The van der Waals surface area contributed by atoms with Crippen molar-refractivity contribution in [2.75, 3.05) is 20.1 Å². The third kappa shape index (κ3) is 4.77. The predicted molar refractivity (Wildman–Crippen MR) is 114 cm³/mol. The van der Waals surface area contributed by atoms with Gasteiger partial charge in [-0.05, 0) is 74.8 Å². The fourth-order valence-corrected chi connectivity index (χ4v) is 3.81. The van der Waals surface area contributed by atoms with Crippen molar-refractivity contribution in [3.05, 3.63) is 47.0 Å². The van der Waals surface area contributed by atoms with Gasteiger partial charge in [0.15, 0.2) is 17.3 Å². The summed E-state index contributed by atoms with van der Waals surface area (Å²) in [5.74, 6) is 1.03. The first-order valence-electron chi connectivity index (χ1n) is 9.94. The zero-order valence-corrected chi connectivity index (χ0v) is 18.6. The number of halogens is 2. The first-order chi connectivity index (χ1) is 14.7. The minimum Gasteiger partial charge on any atom is -0.430 e. The van der Waals surface area contributed by atoms with Crippen molar-refractivity contribution >= 4 is 11.5 Å². The average Bonchev–Trinajstić information content (AvgIpc) is 3.30. The van der Waals surface area contributed by atoms with Crippen molar-refractivity contribution in [2.24, 2.45) is 0 Å². The lowest BCUT2D eigenvalue weighted by molar-refractivity contribution is -0.286. The largest absolute Gasteiger partial charge is 0.586 e. The summed E-state index contributed by atoms with van der Waals surface area (Å²) < 4.78 is 45.6. The smallest absolute Gasteiger partial charge is 0.430 e. The maximum absolute atomic E-state index is 13.2. The van der Waals surface area contributed by atoms with Crippen LogP contribution < -0.4 is 14.2 Å². The maximum Gasteiger partial charge on any atom is 0.586 e. The molecule has 0 saturated carbocycles. The number of fused-ring (bicyclic) bond motifs is 1. The molecule has 0 spiro atoms. The van der Waals surface area contributed by atoms with Gasteiger partial charge in [0, 0.05) is 23.6 Å². The fourth-order valence-electron chi connectivity index (χ4n) is 3.25. The van der Waals surface area contributed by atoms with Gasteiger partial charge in [-0.1, -0.05) is 13.0 Å². The van der Waals surface area contributed by atoms with Crippen LogP contribution >= 0.6 is 11.5 Å². The number of rotatable bonds is 7. The van der Waals surface area contributed by atoms with Gasteiger partial charge in [0.05, 0.1) is 0 Å². The zero-order chi connectivity index (χ0) is 22.2. The summed E-state index contributed by atoms with van der Waals surface area (Å²) in [5.41, 5.74) is 4.00. The van der Waals surface area contributed by atoms with Crippen molar-refractivity contribution in [2.45, 2.75) is 33.5 Å². The molecule has 6 nitrogen and oxygen atoms in total. The van der Waals surface area contributed by atoms with Crippen LogP contribution in [0, 0.1) is 13.8 Å². The van der Waals surface area contributed by atoms with E-state index in [9.17, 15) is 8.78 Å². The summed E-state index contributed by atoms with van der Waals surface area (Å²) in [7, 11) is 2.11. The molecule has 0 fully saturated rings. The van der Waals surface area contributed by atoms with E-state index in [4.69, 9.17) is 4.74 Å². The first-order valence-corrected chi connectivity index (χ1v) is 10.7. The Balaban J connectivity index is 1.49. The number of likely N-dealkylation sites (N-methyl/N-ethyl adjacent to an activating group) is 1. The van der Waals surface area contributed by atoms with Crippen LogP contribution in [0.5, 0.6) is 22.4 Å². The molecule has 1 aromatic heterocycles. The number of ether oxygens (including phenoxy) is 3. The molecule has 1 aliphatic heterocycles. The number of aromatic nitrogens is 2. The standard InChI is InChI=1S/C22H23F2N3O3S/c1-5-27(4)9-8-15-10-14(3)18(11-13(15)2)28-21-25-20(26-31-21)16-6-7-17-19(12-16)30-22(23,24)29-17/h6-7,10-12H,5,8-9H2,1-4H3. The molecule has 31 heavy (non-hydrogen) atoms. The average molecular weight is 448 g/mol. The van der Waals surface area contributed by atoms with Gasteiger partial charge >= 0.3 is 6.29 Å². The molecule has 0 saturated heterocycles. The lowest BCUT2D eigenvalue weighted by Gasteiger charge is -2.16. The van der Waals surface area contributed by atoms with Crippen LogP contribution in [0.15, 0.2) is 30.3 Å². The Morgan fingerprint density at radius 2 is 1.87 bits per heavy atom. The van der Waals surface area contributed by atoms with Gasteiger partial charge in [0.2, 0.25) is 0 Å². The van der Waals surface area contributed by atoms with Crippen molar-refractivity contribution < 1.29 is 23.0 Å². The Morgan fingerprint density at radius 1 is 1.10 bits per heavy atom. The first kappa shape index (κ1) is 21.5. The predicted octanol–water partition coefficient (Wildman–Crippen LogP) is 5.43. The number of hydrogen-bond donors (Lipinski definition) is 0. The second-order valence-corrected chi connectivity index (χ2v) is 8.22. The van der Waals surface area contributed by atoms with E-state index in [-0.39, 0.29) is 11.5 Å². The highest BCUT2D eigenvalue weighted by Gasteiger charge is 2.43. The summed E-state index contributed by atoms with van der Waals surface area (Å²) in [6.45, 7) is 8.23. The number of hydrogen-bond acceptors (Lipinski definition) is 7. The molecule has 0 unspecified atom stereocenters. The highest BCUT2D eigenvalue weighted by atomic mass is 32.1. The highest BCUT2D eigenvalue weighted by Crippen LogP contribution is 2.43. The highest BCUT2D eigenvalue weighted by molar-refractivity contribution is 7.07. The van der Waals surface area contributed by atoms with Crippen molar-refractivity contribution in [1.82, 2.24) is 14.3 Å². The van der Waals surface area contributed by atoms with Crippen molar-refractivity contribution in [1.29, 1.82) is 0 Å². The van der Waals surface area contributed by atoms with Gasteiger partial charge in [0.1, 0.15) is 5.75 Å². The van der Waals surface area contributed by atoms with E-state index >= 15 is 0 Å². The Labute approximate surface area is 183 Å². The second kappa shape index (κ2) is 8.39. The number of alkyl halides is 2. The number of aryl methyl sites for hydroxylation is 2. The molecule has 0 N–H and O–H groups in total. The molecular formula is C22H23F2N3O3S. The lowest BCUT2D eigenvalue weighted by atomic mass is 10.0. The summed E-state index contributed by atoms with van der Waals surface area (Å²) in [5, 5.41) is 0.374. The summed E-state index contributed by atoms with van der Waals surface area (Å²) in [6.07, 6.45) is -2.68. The third-order valence-corrected chi connectivity index (χ3v) is 5.80. The number of benzene rings is 2. The van der Waals surface area contributed by atoms with E-state index in [0.717, 1.165) is 47.9 Å². The minimum atomic E-state index is -3.65. The van der Waals surface area contributed by atoms with E-state index in [1.165, 1.54) is 17.7 Å². The quantitative estimate of drug-likeness (QED) is 0.481. The SMILES string of the molecule is CCN(C)CCc1cc(C)c(Oc2nc(-c3ccc4c(c3)OC(F)(F)O4)ns2)cc1C. The molecule has 4 rings (SSSR count). The van der Waals surface area contributed by atoms with Crippen molar-refractivity contribution in [3.63, 3.8) is 0 Å². The summed E-state index contributed by atoms with van der Waals surface area (Å²) in [6, 6.07) is 8.61. The van der Waals surface area contributed by atoms with Gasteiger partial charge in [0.25, 0.3) is 5.19 Å². The van der Waals surface area contributed by atoms with E-state index in [1.54, 1.807) is 6.07 Å². The Hall–Kier alpha value is -2.78. The van der Waals surface area contributed by atoms with E-state index in [1.807, 2.05) is 13.0 Å². The monoisotopic (exact) mass is 447 g/mol. The normalized spacial score (nSPS) is 14.3. The molecule has 0 bridgehead atoms. The Bertz CT molecular complexity index is 1100. The van der Waals surface area contributed by atoms with Gasteiger partial charge in [-0.15, -0.1) is 8.78 Å². The molecule has 0 aliphatic carbocycles. The number of nitrogens with zero attached hydrogens (tertiary/aromatic N) is 3. The molecule has 0 atom stereocenters. The molecule has 2 aromatic carbocycles. The van der Waals surface area contributed by atoms with Gasteiger partial charge in [-0.25, -0.2) is 0 Å². The van der Waals surface area contributed by atoms with Crippen LogP contribution in [0.1, 0.15) is 23.6 Å². The summed E-state index contributed by atoms with van der Waals surface area (Å²) >= 11 is 1.10. The Morgan fingerprint density at radius 3 is 2.65 bits per heavy atom. The molecular weight excluding hydrogens is 424 g/mol. The van der Waals surface area contributed by atoms with Crippen LogP contribution in [-0.4, -0.2) is 40.7 Å². The molecule has 164 valence electrons. The van der Waals surface area contributed by atoms with Crippen LogP contribution in [0.4, 0.5) is 8.78 Å². The molecule has 3 aromatic rings. The molecule has 1 aliphatic rings. The molecule has 0 amide bonds.